The van der Waals surface area contributed by atoms with Crippen molar-refractivity contribution in [3.05, 3.63) is 15.9 Å². The minimum Gasteiger partial charge on any atom is -0.376 e. The molecule has 0 saturated carbocycles. The average Bonchev–Trinajstić information content (AvgIpc) is 2.62. The SMILES string of the molecule is CCOC(C(N)Cc1c(Br)c(C)nn1CC)C(C)(C)C. The minimum absolute atomic E-state index is 0.0218. The summed E-state index contributed by atoms with van der Waals surface area (Å²) in [6.07, 6.45) is 0.789. The average molecular weight is 346 g/mol. The second-order valence-electron chi connectivity index (χ2n) is 6.27. The molecule has 5 heteroatoms. The van der Waals surface area contributed by atoms with Crippen molar-refractivity contribution in [2.45, 2.75) is 66.7 Å². The van der Waals surface area contributed by atoms with Crippen LogP contribution in [0.15, 0.2) is 4.47 Å². The minimum atomic E-state index is -0.0485. The van der Waals surface area contributed by atoms with Crippen LogP contribution < -0.4 is 5.73 Å². The van der Waals surface area contributed by atoms with Crippen molar-refractivity contribution in [2.24, 2.45) is 11.1 Å². The molecule has 0 amide bonds. The van der Waals surface area contributed by atoms with Crippen LogP contribution in [0, 0.1) is 12.3 Å². The second kappa shape index (κ2) is 7.05. The van der Waals surface area contributed by atoms with Crippen LogP contribution in [0.4, 0.5) is 0 Å². The van der Waals surface area contributed by atoms with E-state index >= 15 is 0 Å². The summed E-state index contributed by atoms with van der Waals surface area (Å²) in [6, 6.07) is -0.0485. The zero-order valence-electron chi connectivity index (χ0n) is 13.5. The molecular formula is C15H28BrN3O. The van der Waals surface area contributed by atoms with Gasteiger partial charge >= 0.3 is 0 Å². The normalized spacial score (nSPS) is 15.4. The molecule has 20 heavy (non-hydrogen) atoms. The molecule has 0 aliphatic heterocycles. The van der Waals surface area contributed by atoms with Gasteiger partial charge in [0.25, 0.3) is 0 Å². The topological polar surface area (TPSA) is 53.1 Å². The van der Waals surface area contributed by atoms with Crippen molar-refractivity contribution < 1.29 is 4.74 Å². The zero-order valence-corrected chi connectivity index (χ0v) is 15.1. The first kappa shape index (κ1) is 17.7. The lowest BCUT2D eigenvalue weighted by atomic mass is 9.83. The molecule has 2 atom stereocenters. The molecule has 0 spiro atoms. The third kappa shape index (κ3) is 4.06. The van der Waals surface area contributed by atoms with E-state index in [-0.39, 0.29) is 17.6 Å². The number of rotatable bonds is 6. The van der Waals surface area contributed by atoms with Gasteiger partial charge in [0.1, 0.15) is 0 Å². The Kier molecular flexibility index (Phi) is 6.23. The fourth-order valence-electron chi connectivity index (χ4n) is 2.59. The smallest absolute Gasteiger partial charge is 0.0777 e. The van der Waals surface area contributed by atoms with Gasteiger partial charge in [-0.3, -0.25) is 4.68 Å². The fourth-order valence-corrected chi connectivity index (χ4v) is 3.04. The van der Waals surface area contributed by atoms with Crippen LogP contribution in [0.25, 0.3) is 0 Å². The first-order chi connectivity index (χ1) is 9.22. The Hall–Kier alpha value is -0.390. The van der Waals surface area contributed by atoms with E-state index in [0.717, 1.165) is 28.8 Å². The Morgan fingerprint density at radius 2 is 1.95 bits per heavy atom. The molecule has 0 saturated heterocycles. The zero-order chi connectivity index (χ0) is 15.5. The molecule has 2 unspecified atom stereocenters. The third-order valence-electron chi connectivity index (χ3n) is 3.47. The van der Waals surface area contributed by atoms with E-state index in [4.69, 9.17) is 10.5 Å². The molecule has 1 rings (SSSR count). The maximum atomic E-state index is 6.44. The maximum Gasteiger partial charge on any atom is 0.0777 e. The van der Waals surface area contributed by atoms with E-state index in [1.807, 2.05) is 18.5 Å². The first-order valence-electron chi connectivity index (χ1n) is 7.31. The predicted octanol–water partition coefficient (Wildman–Crippen LogP) is 3.29. The molecule has 1 heterocycles. The van der Waals surface area contributed by atoms with Crippen molar-refractivity contribution in [3.63, 3.8) is 0 Å². The van der Waals surface area contributed by atoms with Gasteiger partial charge < -0.3 is 10.5 Å². The quantitative estimate of drug-likeness (QED) is 0.860. The van der Waals surface area contributed by atoms with E-state index in [2.05, 4.69) is 48.7 Å². The molecule has 1 aromatic rings. The number of nitrogens with two attached hydrogens (primary N) is 1. The lowest BCUT2D eigenvalue weighted by molar-refractivity contribution is -0.0277. The first-order valence-corrected chi connectivity index (χ1v) is 8.10. The van der Waals surface area contributed by atoms with Crippen LogP contribution >= 0.6 is 15.9 Å². The van der Waals surface area contributed by atoms with Crippen molar-refractivity contribution in [1.82, 2.24) is 9.78 Å². The summed E-state index contributed by atoms with van der Waals surface area (Å²) in [7, 11) is 0. The van der Waals surface area contributed by atoms with Crippen LogP contribution in [0.5, 0.6) is 0 Å². The molecule has 0 bridgehead atoms. The van der Waals surface area contributed by atoms with Crippen LogP contribution in [0.3, 0.4) is 0 Å². The van der Waals surface area contributed by atoms with Crippen molar-refractivity contribution in [1.29, 1.82) is 0 Å². The van der Waals surface area contributed by atoms with Crippen LogP contribution in [0.2, 0.25) is 0 Å². The Morgan fingerprint density at radius 3 is 2.40 bits per heavy atom. The van der Waals surface area contributed by atoms with E-state index in [1.165, 1.54) is 0 Å². The molecule has 0 aromatic carbocycles. The summed E-state index contributed by atoms with van der Waals surface area (Å²) in [4.78, 5) is 0. The van der Waals surface area contributed by atoms with E-state index in [0.29, 0.717) is 6.61 Å². The van der Waals surface area contributed by atoms with Gasteiger partial charge in [-0.25, -0.2) is 0 Å². The number of ether oxygens (including phenoxy) is 1. The van der Waals surface area contributed by atoms with Crippen molar-refractivity contribution in [2.75, 3.05) is 6.61 Å². The molecule has 2 N–H and O–H groups in total. The summed E-state index contributed by atoms with van der Waals surface area (Å²) in [5.74, 6) is 0. The Balaban J connectivity index is 2.96. The highest BCUT2D eigenvalue weighted by molar-refractivity contribution is 9.10. The van der Waals surface area contributed by atoms with Gasteiger partial charge in [-0.1, -0.05) is 20.8 Å². The van der Waals surface area contributed by atoms with Gasteiger partial charge in [-0.15, -0.1) is 0 Å². The van der Waals surface area contributed by atoms with Crippen LogP contribution in [0.1, 0.15) is 46.0 Å². The number of hydrogen-bond donors (Lipinski definition) is 1. The second-order valence-corrected chi connectivity index (χ2v) is 7.06. The van der Waals surface area contributed by atoms with Gasteiger partial charge in [0.05, 0.1) is 22.0 Å². The predicted molar refractivity (Wildman–Crippen MR) is 86.9 cm³/mol. The Bertz CT molecular complexity index is 437. The van der Waals surface area contributed by atoms with Gasteiger partial charge in [-0.05, 0) is 42.1 Å². The van der Waals surface area contributed by atoms with E-state index < -0.39 is 0 Å². The number of aromatic nitrogens is 2. The van der Waals surface area contributed by atoms with E-state index in [9.17, 15) is 0 Å². The highest BCUT2D eigenvalue weighted by atomic mass is 79.9. The molecular weight excluding hydrogens is 318 g/mol. The van der Waals surface area contributed by atoms with E-state index in [1.54, 1.807) is 0 Å². The van der Waals surface area contributed by atoms with Crippen molar-refractivity contribution >= 4 is 15.9 Å². The summed E-state index contributed by atoms with van der Waals surface area (Å²) in [5, 5.41) is 4.52. The van der Waals surface area contributed by atoms with Crippen LogP contribution in [-0.4, -0.2) is 28.5 Å². The number of halogens is 1. The lowest BCUT2D eigenvalue weighted by Crippen LogP contribution is -2.47. The molecule has 0 aliphatic rings. The molecule has 0 aliphatic carbocycles. The molecule has 0 fully saturated rings. The van der Waals surface area contributed by atoms with Gasteiger partial charge in [-0.2, -0.15) is 5.10 Å². The summed E-state index contributed by atoms with van der Waals surface area (Å²) in [5.41, 5.74) is 8.63. The van der Waals surface area contributed by atoms with Crippen LogP contribution in [-0.2, 0) is 17.7 Å². The molecule has 1 aromatic heterocycles. The number of aryl methyl sites for hydroxylation is 2. The summed E-state index contributed by atoms with van der Waals surface area (Å²) in [6.45, 7) is 14.2. The summed E-state index contributed by atoms with van der Waals surface area (Å²) < 4.78 is 8.98. The highest BCUT2D eigenvalue weighted by Crippen LogP contribution is 2.28. The summed E-state index contributed by atoms with van der Waals surface area (Å²) >= 11 is 3.63. The molecule has 116 valence electrons. The Labute approximate surface area is 131 Å². The maximum absolute atomic E-state index is 6.44. The van der Waals surface area contributed by atoms with Gasteiger partial charge in [0, 0.05) is 25.6 Å². The lowest BCUT2D eigenvalue weighted by Gasteiger charge is -2.35. The van der Waals surface area contributed by atoms with Crippen molar-refractivity contribution in [3.8, 4) is 0 Å². The highest BCUT2D eigenvalue weighted by Gasteiger charge is 2.32. The standard InChI is InChI=1S/C15H28BrN3O/c1-7-19-12(13(16)10(3)18-19)9-11(17)14(20-8-2)15(4,5)6/h11,14H,7-9,17H2,1-6H3. The molecule has 4 nitrogen and oxygen atoms in total. The number of nitrogens with zero attached hydrogens (tertiary/aromatic N) is 2. The Morgan fingerprint density at radius 1 is 1.35 bits per heavy atom. The largest absolute Gasteiger partial charge is 0.376 e. The van der Waals surface area contributed by atoms with Gasteiger partial charge in [0.15, 0.2) is 0 Å². The third-order valence-corrected chi connectivity index (χ3v) is 4.50. The monoisotopic (exact) mass is 345 g/mol. The van der Waals surface area contributed by atoms with Gasteiger partial charge in [0.2, 0.25) is 0 Å². The number of hydrogen-bond acceptors (Lipinski definition) is 3. The fraction of sp³-hybridized carbons (Fsp3) is 0.800. The molecule has 0 radical (unpaired) electrons.